The summed E-state index contributed by atoms with van der Waals surface area (Å²) in [6, 6.07) is 10.5. The second-order valence-electron chi connectivity index (χ2n) is 20.8. The molecule has 24 heteroatoms. The Bertz CT molecular complexity index is 2710. The number of carbonyl (C=O) groups is 11. The van der Waals surface area contributed by atoms with Gasteiger partial charge in [-0.1, -0.05) is 86.0 Å². The zero-order chi connectivity index (χ0) is 57.9. The number of nitrogens with two attached hydrogens (primary N) is 3. The van der Waals surface area contributed by atoms with Crippen LogP contribution in [-0.4, -0.2) is 134 Å². The average molecular weight is 1130 g/mol. The first-order chi connectivity index (χ1) is 37.5. The van der Waals surface area contributed by atoms with Gasteiger partial charge in [-0.2, -0.15) is 0 Å². The minimum absolute atomic E-state index is 0.000873. The second-order valence-corrected chi connectivity index (χ2v) is 23.4. The third-order valence-corrected chi connectivity index (χ3v) is 16.6. The van der Waals surface area contributed by atoms with Crippen molar-refractivity contribution in [1.82, 2.24) is 31.2 Å². The first kappa shape index (κ1) is 62.8. The van der Waals surface area contributed by atoms with Crippen LogP contribution in [-0.2, 0) is 59.2 Å². The summed E-state index contributed by atoms with van der Waals surface area (Å²) in [6.07, 6.45) is -1.37. The van der Waals surface area contributed by atoms with Crippen molar-refractivity contribution in [2.45, 2.75) is 129 Å². The van der Waals surface area contributed by atoms with Gasteiger partial charge in [0.15, 0.2) is 17.3 Å². The summed E-state index contributed by atoms with van der Waals surface area (Å²) in [5.74, 6) is -11.3. The summed E-state index contributed by atoms with van der Waals surface area (Å²) in [4.78, 5) is 157. The minimum Gasteiger partial charge on any atom is -0.508 e. The van der Waals surface area contributed by atoms with Crippen LogP contribution in [0, 0.1) is 29.6 Å². The first-order valence-corrected chi connectivity index (χ1v) is 29.1. The minimum atomic E-state index is -1.64. The van der Waals surface area contributed by atoms with Gasteiger partial charge in [0, 0.05) is 61.0 Å². The number of primary amides is 3. The Morgan fingerprint density at radius 2 is 1.49 bits per heavy atom. The highest BCUT2D eigenvalue weighted by Crippen LogP contribution is 2.32. The monoisotopic (exact) mass is 1130 g/mol. The molecule has 0 saturated carbocycles. The van der Waals surface area contributed by atoms with Gasteiger partial charge in [-0.3, -0.25) is 52.7 Å². The molecular formula is C55H74N10O12S2. The largest absolute Gasteiger partial charge is 0.508 e. The van der Waals surface area contributed by atoms with E-state index in [0.29, 0.717) is 36.2 Å². The van der Waals surface area contributed by atoms with Gasteiger partial charge in [0.2, 0.25) is 47.3 Å². The van der Waals surface area contributed by atoms with Gasteiger partial charge >= 0.3 is 0 Å². The lowest BCUT2D eigenvalue weighted by Gasteiger charge is -2.30. The third-order valence-electron chi connectivity index (χ3n) is 14.1. The van der Waals surface area contributed by atoms with E-state index < -0.39 is 144 Å². The lowest BCUT2D eigenvalue weighted by atomic mass is 9.89. The average Bonchev–Trinajstić information content (AvgIpc) is 3.96. The fourth-order valence-electron chi connectivity index (χ4n) is 9.61. The molecule has 0 aliphatic carbocycles. The van der Waals surface area contributed by atoms with Gasteiger partial charge < -0.3 is 53.8 Å². The van der Waals surface area contributed by atoms with Crippen molar-refractivity contribution < 1.29 is 57.8 Å². The summed E-state index contributed by atoms with van der Waals surface area (Å²) in [7, 11) is 2.33. The Balaban J connectivity index is 1.56. The molecule has 2 aliphatic heterocycles. The van der Waals surface area contributed by atoms with Crippen molar-refractivity contribution in [3.05, 3.63) is 66.2 Å². The quantitative estimate of drug-likeness (QED) is 0.0733. The number of amides is 8. The number of benzene rings is 2. The van der Waals surface area contributed by atoms with Crippen LogP contribution >= 0.6 is 21.6 Å². The molecule has 0 spiro atoms. The number of anilines is 1. The van der Waals surface area contributed by atoms with E-state index in [1.165, 1.54) is 27.8 Å². The summed E-state index contributed by atoms with van der Waals surface area (Å²) >= 11 is 0. The number of nitrogens with one attached hydrogen (secondary N) is 5. The van der Waals surface area contributed by atoms with Crippen molar-refractivity contribution in [3.8, 4) is 5.75 Å². The standard InChI is InChI=1S/C55H74N10O12S2/c1-5-31(4)50-54(76)62-39(17-18-46(56)70)53(75)63-40(26-47(57)71)43(67)25-36(55(77)65-20-8-11-42(65)45(69)24-34(21-30(2)3)51(73)59-27-48(58)72)28-78-79-29-41(61-49-19-14-33-9-6-7-10-38(33)60-49)44(68)23-35(52(74)64-50)22-32-12-15-37(66)16-13-32/h6-7,9-10,12-16,19,30-31,34-36,39-42,50,66H,5,8,11,17-18,20-29H2,1-4H3,(H2,56,70)(H2,57,71)(H2,58,72)(H,59,73)(H,60,61)(H,62,76)(H,63,75)(H,64,74)/t31-,34+,35+,36-,39-,40-,41-,42-,50-/m0/s1. The summed E-state index contributed by atoms with van der Waals surface area (Å²) in [6.45, 7) is 6.92. The SMILES string of the molecule is CC[C@H](C)[C@@H]1NC(=O)[C@H](Cc2ccc(O)cc2)CC(=O)[C@@H](Nc2ccc3ccccc3n2)CSSC[C@@H](C(=O)N2CCC[C@H]2C(=O)C[C@@H](CC(C)C)C(=O)NCC(N)=O)CC(=O)[C@H](CC(N)=O)NC(=O)[C@H](CCC(N)=O)NC1=O. The molecule has 9 atom stereocenters. The Hall–Kier alpha value is -7.08. The highest BCUT2D eigenvalue weighted by molar-refractivity contribution is 8.76. The summed E-state index contributed by atoms with van der Waals surface area (Å²) in [5, 5.41) is 24.6. The van der Waals surface area contributed by atoms with E-state index in [-0.39, 0.29) is 61.8 Å². The normalized spacial score (nSPS) is 22.9. The molecule has 2 saturated heterocycles. The van der Waals surface area contributed by atoms with Crippen LogP contribution in [0.5, 0.6) is 5.75 Å². The fraction of sp³-hybridized carbons (Fsp3) is 0.527. The molecule has 5 rings (SSSR count). The van der Waals surface area contributed by atoms with Gasteiger partial charge in [0.1, 0.15) is 23.7 Å². The number of Topliss-reactive ketones (excluding diaryl/α,β-unsaturated/α-hetero) is 3. The molecule has 428 valence electrons. The van der Waals surface area contributed by atoms with E-state index in [1.807, 2.05) is 44.2 Å². The van der Waals surface area contributed by atoms with Crippen molar-refractivity contribution in [1.29, 1.82) is 0 Å². The van der Waals surface area contributed by atoms with Gasteiger partial charge in [0.25, 0.3) is 0 Å². The van der Waals surface area contributed by atoms with E-state index in [4.69, 9.17) is 22.2 Å². The van der Waals surface area contributed by atoms with Crippen LogP contribution < -0.4 is 43.8 Å². The fourth-order valence-corrected chi connectivity index (χ4v) is 12.1. The highest BCUT2D eigenvalue weighted by atomic mass is 33.1. The van der Waals surface area contributed by atoms with Crippen LogP contribution in [0.1, 0.15) is 97.5 Å². The maximum absolute atomic E-state index is 14.9. The number of hydrogen-bond acceptors (Lipinski definition) is 16. The molecular weight excluding hydrogens is 1060 g/mol. The van der Waals surface area contributed by atoms with Crippen LogP contribution in [0.2, 0.25) is 0 Å². The number of aromatic hydroxyl groups is 1. The van der Waals surface area contributed by atoms with E-state index in [2.05, 4.69) is 26.6 Å². The lowest BCUT2D eigenvalue weighted by Crippen LogP contribution is -2.58. The van der Waals surface area contributed by atoms with Crippen LogP contribution in [0.15, 0.2) is 60.7 Å². The molecule has 12 N–H and O–H groups in total. The molecule has 2 fully saturated rings. The number of likely N-dealkylation sites (tertiary alicyclic amines) is 1. The summed E-state index contributed by atoms with van der Waals surface area (Å²) in [5.41, 5.74) is 17.6. The van der Waals surface area contributed by atoms with Crippen molar-refractivity contribution in [2.24, 2.45) is 46.8 Å². The van der Waals surface area contributed by atoms with Crippen molar-refractivity contribution >= 4 is 103 Å². The third kappa shape index (κ3) is 19.4. The predicted molar refractivity (Wildman–Crippen MR) is 299 cm³/mol. The topological polar surface area (TPSA) is 362 Å². The second kappa shape index (κ2) is 30.3. The first-order valence-electron chi connectivity index (χ1n) is 26.6. The number of para-hydroxylation sites is 1. The molecule has 3 aromatic rings. The zero-order valence-corrected chi connectivity index (χ0v) is 46.7. The number of ketones is 3. The molecule has 2 aromatic carbocycles. The number of pyridine rings is 1. The maximum Gasteiger partial charge on any atom is 0.243 e. The number of rotatable bonds is 20. The predicted octanol–water partition coefficient (Wildman–Crippen LogP) is 2.36. The number of fused-ring (bicyclic) bond motifs is 1. The van der Waals surface area contributed by atoms with Gasteiger partial charge in [0.05, 0.1) is 42.5 Å². The summed E-state index contributed by atoms with van der Waals surface area (Å²) < 4.78 is 0. The molecule has 1 aromatic heterocycles. The van der Waals surface area contributed by atoms with Crippen molar-refractivity contribution in [2.75, 3.05) is 29.9 Å². The van der Waals surface area contributed by atoms with Crippen LogP contribution in [0.4, 0.5) is 5.82 Å². The molecule has 3 heterocycles. The number of carbonyl (C=O) groups excluding carboxylic acids is 11. The Morgan fingerprint density at radius 3 is 2.16 bits per heavy atom. The maximum atomic E-state index is 14.9. The molecule has 79 heavy (non-hydrogen) atoms. The molecule has 2 aliphatic rings. The number of aromatic nitrogens is 1. The van der Waals surface area contributed by atoms with Gasteiger partial charge in [-0.15, -0.1) is 0 Å². The molecule has 0 unspecified atom stereocenters. The zero-order valence-electron chi connectivity index (χ0n) is 45.0. The van der Waals surface area contributed by atoms with Crippen LogP contribution in [0.3, 0.4) is 0 Å². The molecule has 0 radical (unpaired) electrons. The molecule has 22 nitrogen and oxygen atoms in total. The van der Waals surface area contributed by atoms with Crippen molar-refractivity contribution in [3.63, 3.8) is 0 Å². The van der Waals surface area contributed by atoms with E-state index in [0.717, 1.165) is 16.2 Å². The van der Waals surface area contributed by atoms with Crippen LogP contribution in [0.25, 0.3) is 10.9 Å². The number of nitrogens with zero attached hydrogens (tertiary/aromatic N) is 2. The smallest absolute Gasteiger partial charge is 0.243 e. The van der Waals surface area contributed by atoms with E-state index >= 15 is 0 Å². The van der Waals surface area contributed by atoms with Gasteiger partial charge in [-0.05, 0) is 79.8 Å². The highest BCUT2D eigenvalue weighted by Gasteiger charge is 2.41. The number of phenols is 1. The van der Waals surface area contributed by atoms with E-state index in [9.17, 15) is 57.8 Å². The Morgan fingerprint density at radius 1 is 0.797 bits per heavy atom. The van der Waals surface area contributed by atoms with E-state index in [1.54, 1.807) is 32.0 Å². The molecule has 0 bridgehead atoms. The molecule has 8 amide bonds. The lowest BCUT2D eigenvalue weighted by molar-refractivity contribution is -0.143. The number of phenolic OH excluding ortho intramolecular Hbond substituents is 1. The Labute approximate surface area is 467 Å². The van der Waals surface area contributed by atoms with Gasteiger partial charge in [-0.25, -0.2) is 4.98 Å². The Kier molecular flexibility index (Phi) is 24.1. The number of hydrogen-bond donors (Lipinski definition) is 9.